The van der Waals surface area contributed by atoms with Crippen LogP contribution in [0.15, 0.2) is 36.4 Å². The normalized spacial score (nSPS) is 18.0. The Morgan fingerprint density at radius 2 is 1.92 bits per heavy atom. The van der Waals surface area contributed by atoms with Gasteiger partial charge in [-0.15, -0.1) is 0 Å². The number of pyridine rings is 1. The maximum Gasteiger partial charge on any atom is 0.236 e. The summed E-state index contributed by atoms with van der Waals surface area (Å²) in [5.41, 5.74) is 3.06. The van der Waals surface area contributed by atoms with E-state index in [4.69, 9.17) is 4.98 Å². The topological polar surface area (TPSA) is 54.0 Å². The predicted molar refractivity (Wildman–Crippen MR) is 91.6 cm³/mol. The Hall–Kier alpha value is -2.43. The second-order valence-corrected chi connectivity index (χ2v) is 6.62. The van der Waals surface area contributed by atoms with Gasteiger partial charge in [-0.1, -0.05) is 6.42 Å². The van der Waals surface area contributed by atoms with Crippen molar-refractivity contribution in [2.45, 2.75) is 37.5 Å². The van der Waals surface area contributed by atoms with Gasteiger partial charge in [0.1, 0.15) is 5.82 Å². The second-order valence-electron chi connectivity index (χ2n) is 6.62. The predicted octanol–water partition coefficient (Wildman–Crippen LogP) is 3.64. The molecule has 0 spiro atoms. The first-order valence-electron chi connectivity index (χ1n) is 8.49. The summed E-state index contributed by atoms with van der Waals surface area (Å²) in [5, 5.41) is 6.28. The van der Waals surface area contributed by atoms with Gasteiger partial charge in [0.15, 0.2) is 0 Å². The first-order valence-corrected chi connectivity index (χ1v) is 8.49. The van der Waals surface area contributed by atoms with E-state index in [1.165, 1.54) is 12.1 Å². The number of aromatic nitrogens is 1. The Morgan fingerprint density at radius 1 is 1.12 bits per heavy atom. The Bertz CT molecular complexity index is 769. The first-order chi connectivity index (χ1) is 11.7. The lowest BCUT2D eigenvalue weighted by molar-refractivity contribution is -0.124. The van der Waals surface area contributed by atoms with Crippen molar-refractivity contribution >= 4 is 17.3 Å². The summed E-state index contributed by atoms with van der Waals surface area (Å²) < 4.78 is 13.0. The fourth-order valence-electron chi connectivity index (χ4n) is 3.51. The smallest absolute Gasteiger partial charge is 0.236 e. The number of carbonyl (C=O) groups excluding carboxylic acids is 1. The van der Waals surface area contributed by atoms with Crippen LogP contribution in [0.3, 0.4) is 0 Å². The minimum Gasteiger partial charge on any atom is -0.384 e. The van der Waals surface area contributed by atoms with E-state index in [0.717, 1.165) is 55.7 Å². The molecule has 1 saturated carbocycles. The molecule has 24 heavy (non-hydrogen) atoms. The number of fused-ring (bicyclic) bond motifs is 1. The van der Waals surface area contributed by atoms with Crippen LogP contribution in [-0.2, 0) is 16.6 Å². The number of aryl methyl sites for hydroxylation is 1. The molecule has 1 aromatic carbocycles. The molecule has 2 N–H and O–H groups in total. The molecule has 0 radical (unpaired) electrons. The van der Waals surface area contributed by atoms with Gasteiger partial charge in [-0.25, -0.2) is 4.39 Å². The Morgan fingerprint density at radius 3 is 2.62 bits per heavy atom. The number of rotatable bonds is 3. The largest absolute Gasteiger partial charge is 0.384 e. The molecule has 1 fully saturated rings. The van der Waals surface area contributed by atoms with Crippen molar-refractivity contribution < 1.29 is 9.18 Å². The summed E-state index contributed by atoms with van der Waals surface area (Å²) in [6.45, 7) is 0.976. The van der Waals surface area contributed by atoms with Crippen molar-refractivity contribution in [2.24, 2.45) is 0 Å². The van der Waals surface area contributed by atoms with Gasteiger partial charge >= 0.3 is 0 Å². The number of hydrogen-bond acceptors (Lipinski definition) is 3. The zero-order valence-electron chi connectivity index (χ0n) is 13.4. The minimum atomic E-state index is -0.555. The third kappa shape index (κ3) is 2.54. The van der Waals surface area contributed by atoms with Crippen LogP contribution in [0.2, 0.25) is 0 Å². The molecule has 0 saturated heterocycles. The second kappa shape index (κ2) is 5.89. The summed E-state index contributed by atoms with van der Waals surface area (Å²) >= 11 is 0. The van der Waals surface area contributed by atoms with Crippen molar-refractivity contribution in [3.8, 4) is 0 Å². The molecule has 1 amide bonds. The summed E-state index contributed by atoms with van der Waals surface area (Å²) in [5.74, 6) is -0.355. The zero-order valence-corrected chi connectivity index (χ0v) is 13.4. The van der Waals surface area contributed by atoms with E-state index >= 15 is 0 Å². The number of carbonyl (C=O) groups is 1. The Labute approximate surface area is 140 Å². The summed E-state index contributed by atoms with van der Waals surface area (Å²) in [6, 6.07) is 9.90. The van der Waals surface area contributed by atoms with E-state index in [0.29, 0.717) is 5.69 Å². The van der Waals surface area contributed by atoms with Crippen molar-refractivity contribution in [2.75, 3.05) is 17.2 Å². The number of hydrogen-bond donors (Lipinski definition) is 2. The first kappa shape index (κ1) is 15.1. The van der Waals surface area contributed by atoms with E-state index < -0.39 is 5.41 Å². The molecule has 0 unspecified atom stereocenters. The number of anilines is 2. The molecular formula is C19H20FN3O. The molecule has 0 bridgehead atoms. The lowest BCUT2D eigenvalue weighted by atomic mass is 9.65. The average molecular weight is 325 g/mol. The molecule has 1 aliphatic carbocycles. The monoisotopic (exact) mass is 325 g/mol. The molecule has 1 aliphatic heterocycles. The SMILES string of the molecule is O=C(Nc1ccc(F)cc1)C1(c2ccc3c(n2)CCCN3)CCC1. The van der Waals surface area contributed by atoms with Crippen molar-refractivity contribution in [1.29, 1.82) is 0 Å². The van der Waals surface area contributed by atoms with E-state index in [9.17, 15) is 9.18 Å². The summed E-state index contributed by atoms with van der Waals surface area (Å²) in [6.07, 6.45) is 4.65. The maximum atomic E-state index is 13.0. The van der Waals surface area contributed by atoms with Crippen LogP contribution in [0.1, 0.15) is 37.1 Å². The lowest BCUT2D eigenvalue weighted by Gasteiger charge is -2.40. The number of halogens is 1. The molecule has 0 atom stereocenters. The van der Waals surface area contributed by atoms with Crippen LogP contribution in [0, 0.1) is 5.82 Å². The number of nitrogens with zero attached hydrogens (tertiary/aromatic N) is 1. The van der Waals surface area contributed by atoms with Crippen molar-refractivity contribution in [1.82, 2.24) is 4.98 Å². The lowest BCUT2D eigenvalue weighted by Crippen LogP contribution is -2.46. The highest BCUT2D eigenvalue weighted by molar-refractivity contribution is 5.99. The third-order valence-corrected chi connectivity index (χ3v) is 5.11. The van der Waals surface area contributed by atoms with Crippen molar-refractivity contribution in [3.05, 3.63) is 53.6 Å². The molecule has 2 heterocycles. The highest BCUT2D eigenvalue weighted by Gasteiger charge is 2.47. The molecular weight excluding hydrogens is 305 g/mol. The van der Waals surface area contributed by atoms with E-state index in [1.54, 1.807) is 12.1 Å². The summed E-state index contributed by atoms with van der Waals surface area (Å²) in [7, 11) is 0. The average Bonchev–Trinajstić information content (AvgIpc) is 2.56. The maximum absolute atomic E-state index is 13.0. The van der Waals surface area contributed by atoms with E-state index in [2.05, 4.69) is 10.6 Å². The van der Waals surface area contributed by atoms with Gasteiger partial charge < -0.3 is 10.6 Å². The van der Waals surface area contributed by atoms with Gasteiger partial charge in [0.25, 0.3) is 0 Å². The highest BCUT2D eigenvalue weighted by atomic mass is 19.1. The van der Waals surface area contributed by atoms with Gasteiger partial charge in [0.2, 0.25) is 5.91 Å². The fourth-order valence-corrected chi connectivity index (χ4v) is 3.51. The quantitative estimate of drug-likeness (QED) is 0.906. The van der Waals surface area contributed by atoms with Crippen LogP contribution < -0.4 is 10.6 Å². The number of benzene rings is 1. The van der Waals surface area contributed by atoms with Gasteiger partial charge in [0.05, 0.1) is 22.5 Å². The Balaban J connectivity index is 1.61. The minimum absolute atomic E-state index is 0.0448. The van der Waals surface area contributed by atoms with Crippen LogP contribution >= 0.6 is 0 Å². The van der Waals surface area contributed by atoms with E-state index in [-0.39, 0.29) is 11.7 Å². The molecule has 2 aliphatic rings. The van der Waals surface area contributed by atoms with Crippen LogP contribution in [0.25, 0.3) is 0 Å². The molecule has 5 heteroatoms. The molecule has 1 aromatic heterocycles. The molecule has 2 aromatic rings. The standard InChI is InChI=1S/C19H20FN3O/c20-13-4-6-14(7-5-13)22-18(24)19(10-2-11-19)17-9-8-15-16(23-17)3-1-12-21-15/h4-9,21H,1-3,10-12H2,(H,22,24). The summed E-state index contributed by atoms with van der Waals surface area (Å²) in [4.78, 5) is 17.7. The van der Waals surface area contributed by atoms with Crippen LogP contribution in [0.4, 0.5) is 15.8 Å². The van der Waals surface area contributed by atoms with Gasteiger partial charge in [-0.3, -0.25) is 9.78 Å². The van der Waals surface area contributed by atoms with Crippen LogP contribution in [-0.4, -0.2) is 17.4 Å². The zero-order chi connectivity index (χ0) is 16.6. The third-order valence-electron chi connectivity index (χ3n) is 5.11. The molecule has 4 nitrogen and oxygen atoms in total. The fraction of sp³-hybridized carbons (Fsp3) is 0.368. The van der Waals surface area contributed by atoms with Gasteiger partial charge in [-0.05, 0) is 62.1 Å². The molecule has 124 valence electrons. The molecule has 4 rings (SSSR count). The number of amides is 1. The van der Waals surface area contributed by atoms with Crippen LogP contribution in [0.5, 0.6) is 0 Å². The van der Waals surface area contributed by atoms with Gasteiger partial charge in [-0.2, -0.15) is 0 Å². The number of nitrogens with one attached hydrogen (secondary N) is 2. The van der Waals surface area contributed by atoms with Gasteiger partial charge in [0, 0.05) is 12.2 Å². The van der Waals surface area contributed by atoms with Crippen molar-refractivity contribution in [3.63, 3.8) is 0 Å². The Kier molecular flexibility index (Phi) is 3.71. The van der Waals surface area contributed by atoms with E-state index in [1.807, 2.05) is 12.1 Å². The highest BCUT2D eigenvalue weighted by Crippen LogP contribution is 2.44.